The Kier molecular flexibility index (Phi) is 6.12. The number of hydrogen-bond donors (Lipinski definition) is 1. The van der Waals surface area contributed by atoms with Crippen molar-refractivity contribution in [2.45, 2.75) is 32.9 Å². The molecular weight excluding hydrogens is 394 g/mol. The third-order valence-corrected chi connectivity index (χ3v) is 4.87. The molecule has 2 heterocycles. The number of nitrogens with zero attached hydrogens (tertiary/aromatic N) is 3. The number of aryl methyl sites for hydroxylation is 2. The summed E-state index contributed by atoms with van der Waals surface area (Å²) in [5.74, 6) is 1.28. The van der Waals surface area contributed by atoms with Gasteiger partial charge in [-0.2, -0.15) is 5.10 Å². The maximum Gasteiger partial charge on any atom is 0.303 e. The second kappa shape index (κ2) is 9.30. The number of benzene rings is 2. The van der Waals surface area contributed by atoms with Crippen LogP contribution >= 0.6 is 0 Å². The third-order valence-electron chi connectivity index (χ3n) is 4.87. The molecule has 0 aliphatic heterocycles. The summed E-state index contributed by atoms with van der Waals surface area (Å²) in [7, 11) is 0. The van der Waals surface area contributed by atoms with Crippen molar-refractivity contribution >= 4 is 5.97 Å². The van der Waals surface area contributed by atoms with E-state index in [0.29, 0.717) is 25.5 Å². The van der Waals surface area contributed by atoms with E-state index in [0.717, 1.165) is 33.9 Å². The minimum Gasteiger partial charge on any atom is -0.487 e. The quantitative estimate of drug-likeness (QED) is 0.431. The van der Waals surface area contributed by atoms with Crippen molar-refractivity contribution in [1.29, 1.82) is 0 Å². The summed E-state index contributed by atoms with van der Waals surface area (Å²) in [5.41, 5.74) is 3.70. The van der Waals surface area contributed by atoms with Gasteiger partial charge in [0.15, 0.2) is 0 Å². The number of carboxylic acid groups (broad SMARTS) is 1. The highest BCUT2D eigenvalue weighted by molar-refractivity contribution is 5.67. The van der Waals surface area contributed by atoms with E-state index < -0.39 is 5.97 Å². The largest absolute Gasteiger partial charge is 0.487 e. The summed E-state index contributed by atoms with van der Waals surface area (Å²) in [6.07, 6.45) is 4.18. The molecule has 158 valence electrons. The maximum atomic E-state index is 10.7. The number of carbonyl (C=O) groups is 1. The van der Waals surface area contributed by atoms with Gasteiger partial charge in [-0.15, -0.1) is 0 Å². The lowest BCUT2D eigenvalue weighted by atomic mass is 10.2. The van der Waals surface area contributed by atoms with Crippen molar-refractivity contribution in [2.75, 3.05) is 0 Å². The Hall–Kier alpha value is -3.87. The second-order valence-electron chi connectivity index (χ2n) is 7.26. The molecule has 0 spiro atoms. The van der Waals surface area contributed by atoms with Crippen molar-refractivity contribution in [3.05, 3.63) is 89.6 Å². The molecule has 0 aliphatic carbocycles. The smallest absolute Gasteiger partial charge is 0.303 e. The lowest BCUT2D eigenvalue weighted by Crippen LogP contribution is -2.01. The van der Waals surface area contributed by atoms with Crippen molar-refractivity contribution < 1.29 is 19.1 Å². The van der Waals surface area contributed by atoms with Crippen molar-refractivity contribution in [3.8, 4) is 17.2 Å². The molecule has 0 radical (unpaired) electrons. The molecule has 0 fully saturated rings. The highest BCUT2D eigenvalue weighted by Crippen LogP contribution is 2.23. The summed E-state index contributed by atoms with van der Waals surface area (Å²) in [6, 6.07) is 17.6. The number of carboxylic acids is 1. The first kappa shape index (κ1) is 20.4. The molecule has 1 N–H and O–H groups in total. The van der Waals surface area contributed by atoms with Gasteiger partial charge in [0, 0.05) is 18.2 Å². The fourth-order valence-corrected chi connectivity index (χ4v) is 3.17. The highest BCUT2D eigenvalue weighted by atomic mass is 16.5. The number of aromatic nitrogens is 3. The minimum atomic E-state index is -0.805. The number of aliphatic carboxylic acids is 1. The summed E-state index contributed by atoms with van der Waals surface area (Å²) in [6.45, 7) is 2.82. The van der Waals surface area contributed by atoms with E-state index in [1.54, 1.807) is 10.9 Å². The van der Waals surface area contributed by atoms with Crippen molar-refractivity contribution in [2.24, 2.45) is 0 Å². The average molecular weight is 417 g/mol. The second-order valence-corrected chi connectivity index (χ2v) is 7.26. The Morgan fingerprint density at radius 1 is 1.10 bits per heavy atom. The van der Waals surface area contributed by atoms with Gasteiger partial charge in [-0.3, -0.25) is 9.48 Å². The molecule has 4 aromatic rings. The predicted octanol–water partition coefficient (Wildman–Crippen LogP) is 4.49. The molecule has 0 aliphatic rings. The molecule has 31 heavy (non-hydrogen) atoms. The molecular formula is C24H23N3O4. The van der Waals surface area contributed by atoms with Gasteiger partial charge in [-0.1, -0.05) is 30.3 Å². The Labute approximate surface area is 179 Å². The molecule has 7 nitrogen and oxygen atoms in total. The topological polar surface area (TPSA) is 90.4 Å². The van der Waals surface area contributed by atoms with Crippen LogP contribution in [0.25, 0.3) is 11.5 Å². The van der Waals surface area contributed by atoms with Gasteiger partial charge < -0.3 is 14.3 Å². The molecule has 2 aromatic carbocycles. The summed E-state index contributed by atoms with van der Waals surface area (Å²) in [5, 5.41) is 13.1. The standard InChI is InChI=1S/C24H23N3O4/c1-17-22(26-24(31-17)20-5-3-2-4-6-20)16-30-21-10-7-18(8-11-21)14-27-15-19(13-25-27)9-12-23(28)29/h2-8,10-11,13,15H,9,12,14,16H2,1H3,(H,28,29). The van der Waals surface area contributed by atoms with Crippen LogP contribution < -0.4 is 4.74 Å². The lowest BCUT2D eigenvalue weighted by molar-refractivity contribution is -0.136. The first-order valence-electron chi connectivity index (χ1n) is 10.0. The van der Waals surface area contributed by atoms with Gasteiger partial charge in [0.2, 0.25) is 5.89 Å². The first-order valence-corrected chi connectivity index (χ1v) is 10.0. The van der Waals surface area contributed by atoms with Gasteiger partial charge in [0.25, 0.3) is 0 Å². The zero-order chi connectivity index (χ0) is 21.6. The zero-order valence-electron chi connectivity index (χ0n) is 17.2. The van der Waals surface area contributed by atoms with E-state index in [1.165, 1.54) is 0 Å². The summed E-state index contributed by atoms with van der Waals surface area (Å²) in [4.78, 5) is 15.2. The van der Waals surface area contributed by atoms with Crippen LogP contribution in [0.3, 0.4) is 0 Å². The van der Waals surface area contributed by atoms with E-state index in [2.05, 4.69) is 10.1 Å². The van der Waals surface area contributed by atoms with Gasteiger partial charge in [-0.05, 0) is 48.7 Å². The third kappa shape index (κ3) is 5.39. The van der Waals surface area contributed by atoms with E-state index in [-0.39, 0.29) is 6.42 Å². The van der Waals surface area contributed by atoms with E-state index in [1.807, 2.05) is 67.7 Å². The Morgan fingerprint density at radius 2 is 1.87 bits per heavy atom. The molecule has 0 saturated heterocycles. The molecule has 0 bridgehead atoms. The maximum absolute atomic E-state index is 10.7. The van der Waals surface area contributed by atoms with E-state index >= 15 is 0 Å². The fraction of sp³-hybridized carbons (Fsp3) is 0.208. The van der Waals surface area contributed by atoms with E-state index in [9.17, 15) is 4.79 Å². The molecule has 0 amide bonds. The van der Waals surface area contributed by atoms with Crippen LogP contribution in [0.15, 0.2) is 71.4 Å². The van der Waals surface area contributed by atoms with E-state index in [4.69, 9.17) is 14.3 Å². The first-order chi connectivity index (χ1) is 15.1. The predicted molar refractivity (Wildman–Crippen MR) is 115 cm³/mol. The molecule has 0 saturated carbocycles. The molecule has 7 heteroatoms. The summed E-state index contributed by atoms with van der Waals surface area (Å²) < 4.78 is 13.5. The lowest BCUT2D eigenvalue weighted by Gasteiger charge is -2.06. The number of hydrogen-bond acceptors (Lipinski definition) is 5. The van der Waals surface area contributed by atoms with Crippen LogP contribution in [0.4, 0.5) is 0 Å². The summed E-state index contributed by atoms with van der Waals surface area (Å²) >= 11 is 0. The zero-order valence-corrected chi connectivity index (χ0v) is 17.2. The normalized spacial score (nSPS) is 10.9. The van der Waals surface area contributed by atoms with Gasteiger partial charge >= 0.3 is 5.97 Å². The van der Waals surface area contributed by atoms with Crippen LogP contribution in [0.5, 0.6) is 5.75 Å². The van der Waals surface area contributed by atoms with Gasteiger partial charge in [-0.25, -0.2) is 4.98 Å². The SMILES string of the molecule is Cc1oc(-c2ccccc2)nc1COc1ccc(Cn2cc(CCC(=O)O)cn2)cc1. The van der Waals surface area contributed by atoms with Crippen LogP contribution in [-0.4, -0.2) is 25.8 Å². The van der Waals surface area contributed by atoms with Gasteiger partial charge in [0.05, 0.1) is 12.7 Å². The number of ether oxygens (including phenoxy) is 1. The number of oxazole rings is 1. The van der Waals surface area contributed by atoms with Crippen LogP contribution in [0.1, 0.15) is 29.0 Å². The van der Waals surface area contributed by atoms with Crippen LogP contribution in [0.2, 0.25) is 0 Å². The van der Waals surface area contributed by atoms with Crippen molar-refractivity contribution in [1.82, 2.24) is 14.8 Å². The molecule has 0 atom stereocenters. The number of rotatable bonds is 9. The minimum absolute atomic E-state index is 0.107. The molecule has 0 unspecified atom stereocenters. The van der Waals surface area contributed by atoms with Crippen LogP contribution in [0, 0.1) is 6.92 Å². The molecule has 2 aromatic heterocycles. The highest BCUT2D eigenvalue weighted by Gasteiger charge is 2.12. The monoisotopic (exact) mass is 417 g/mol. The Morgan fingerprint density at radius 3 is 2.61 bits per heavy atom. The Bertz CT molecular complexity index is 1150. The molecule has 4 rings (SSSR count). The van der Waals surface area contributed by atoms with Crippen LogP contribution in [-0.2, 0) is 24.4 Å². The fourth-order valence-electron chi connectivity index (χ4n) is 3.17. The van der Waals surface area contributed by atoms with Crippen molar-refractivity contribution in [3.63, 3.8) is 0 Å². The van der Waals surface area contributed by atoms with Gasteiger partial charge in [0.1, 0.15) is 23.8 Å². The average Bonchev–Trinajstić information content (AvgIpc) is 3.38. The Balaban J connectivity index is 1.33.